The van der Waals surface area contributed by atoms with Crippen LogP contribution in [0.5, 0.6) is 0 Å². The van der Waals surface area contributed by atoms with Gasteiger partial charge in [-0.3, -0.25) is 4.79 Å². The molecular formula is C25H32N6O2S. The Morgan fingerprint density at radius 1 is 1.18 bits per heavy atom. The van der Waals surface area contributed by atoms with Crippen molar-refractivity contribution in [1.82, 2.24) is 19.9 Å². The number of carbonyl (C=O) groups excluding carboxylic acids is 1. The molecule has 34 heavy (non-hydrogen) atoms. The molecule has 0 unspecified atom stereocenters. The van der Waals surface area contributed by atoms with Crippen LogP contribution in [-0.4, -0.2) is 71.7 Å². The lowest BCUT2D eigenvalue weighted by molar-refractivity contribution is -0.127. The number of anilines is 2. The molecular weight excluding hydrogens is 448 g/mol. The van der Waals surface area contributed by atoms with Gasteiger partial charge in [-0.05, 0) is 42.2 Å². The maximum Gasteiger partial charge on any atom is 0.222 e. The first kappa shape index (κ1) is 22.0. The number of fused-ring (bicyclic) bond motifs is 5. The van der Waals surface area contributed by atoms with Crippen molar-refractivity contribution < 1.29 is 9.53 Å². The number of ether oxygens (including phenoxy) is 1. The smallest absolute Gasteiger partial charge is 0.222 e. The number of likely N-dealkylation sites (tertiary alicyclic amines) is 1. The summed E-state index contributed by atoms with van der Waals surface area (Å²) in [5.41, 5.74) is 3.91. The number of nitrogens with zero attached hydrogens (tertiary/aromatic N) is 5. The molecule has 8 nitrogen and oxygen atoms in total. The molecule has 3 aromatic rings. The van der Waals surface area contributed by atoms with Crippen molar-refractivity contribution in [2.75, 3.05) is 56.2 Å². The average Bonchev–Trinajstić information content (AvgIpc) is 3.51. The van der Waals surface area contributed by atoms with Gasteiger partial charge in [0.25, 0.3) is 0 Å². The fraction of sp³-hybridized carbons (Fsp3) is 0.600. The number of amides is 1. The maximum atomic E-state index is 11.9. The van der Waals surface area contributed by atoms with Crippen molar-refractivity contribution in [1.29, 1.82) is 0 Å². The van der Waals surface area contributed by atoms with Crippen LogP contribution in [0.4, 0.5) is 11.6 Å². The SMILES string of the molecule is CC1(C)CCc2c(N3CCOCC3)nc3sc4c(NCCCN5CCCC5=O)ncnc4c3c21. The zero-order chi connectivity index (χ0) is 23.3. The van der Waals surface area contributed by atoms with E-state index in [1.165, 1.54) is 16.5 Å². The molecule has 1 amide bonds. The molecule has 2 aliphatic heterocycles. The first-order valence-corrected chi connectivity index (χ1v) is 13.3. The van der Waals surface area contributed by atoms with Crippen LogP contribution >= 0.6 is 11.3 Å². The van der Waals surface area contributed by atoms with E-state index in [0.717, 1.165) is 98.3 Å². The summed E-state index contributed by atoms with van der Waals surface area (Å²) in [6.45, 7) is 10.5. The van der Waals surface area contributed by atoms with Crippen LogP contribution in [-0.2, 0) is 21.4 Å². The van der Waals surface area contributed by atoms with Crippen molar-refractivity contribution in [3.63, 3.8) is 0 Å². The van der Waals surface area contributed by atoms with Crippen LogP contribution in [0.15, 0.2) is 6.33 Å². The third-order valence-electron chi connectivity index (χ3n) is 7.54. The van der Waals surface area contributed by atoms with Crippen LogP contribution in [0, 0.1) is 0 Å². The number of thiophene rings is 1. The molecule has 0 atom stereocenters. The summed E-state index contributed by atoms with van der Waals surface area (Å²) in [5.74, 6) is 2.30. The van der Waals surface area contributed by atoms with E-state index >= 15 is 0 Å². The van der Waals surface area contributed by atoms with Gasteiger partial charge in [-0.2, -0.15) is 0 Å². The standard InChI is InChI=1S/C25H32N6O2S/c1-25(2)7-6-16-19(25)18-20-21(34-24(18)29-23(16)31-11-13-33-14-12-31)22(28-15-27-20)26-8-4-10-30-9-3-5-17(30)32/h15H,3-14H2,1-2H3,(H,26,27,28). The van der Waals surface area contributed by atoms with Gasteiger partial charge in [0.15, 0.2) is 0 Å². The average molecular weight is 481 g/mol. The van der Waals surface area contributed by atoms with E-state index in [-0.39, 0.29) is 11.3 Å². The Bertz CT molecular complexity index is 1250. The topological polar surface area (TPSA) is 83.5 Å². The first-order chi connectivity index (χ1) is 16.5. The predicted octanol–water partition coefficient (Wildman–Crippen LogP) is 3.72. The molecule has 0 saturated carbocycles. The Balaban J connectivity index is 1.36. The van der Waals surface area contributed by atoms with E-state index in [0.29, 0.717) is 6.42 Å². The predicted molar refractivity (Wildman–Crippen MR) is 136 cm³/mol. The number of morpholine rings is 1. The van der Waals surface area contributed by atoms with Gasteiger partial charge in [0.1, 0.15) is 22.8 Å². The zero-order valence-corrected chi connectivity index (χ0v) is 20.8. The van der Waals surface area contributed by atoms with Crippen LogP contribution in [0.1, 0.15) is 50.7 Å². The Morgan fingerprint density at radius 3 is 2.82 bits per heavy atom. The highest BCUT2D eigenvalue weighted by atomic mass is 32.1. The largest absolute Gasteiger partial charge is 0.378 e. The van der Waals surface area contributed by atoms with Gasteiger partial charge < -0.3 is 19.9 Å². The molecule has 3 aliphatic rings. The fourth-order valence-corrected chi connectivity index (χ4v) is 6.85. The molecule has 2 fully saturated rings. The van der Waals surface area contributed by atoms with Crippen LogP contribution < -0.4 is 10.2 Å². The molecule has 0 aromatic carbocycles. The van der Waals surface area contributed by atoms with Crippen LogP contribution in [0.2, 0.25) is 0 Å². The summed E-state index contributed by atoms with van der Waals surface area (Å²) in [7, 11) is 0. The fourth-order valence-electron chi connectivity index (χ4n) is 5.75. The quantitative estimate of drug-likeness (QED) is 0.538. The molecule has 1 N–H and O–H groups in total. The van der Waals surface area contributed by atoms with Crippen molar-refractivity contribution in [2.45, 2.75) is 51.4 Å². The second kappa shape index (κ2) is 8.61. The highest BCUT2D eigenvalue weighted by Crippen LogP contribution is 2.49. The van der Waals surface area contributed by atoms with E-state index < -0.39 is 0 Å². The molecule has 6 rings (SSSR count). The van der Waals surface area contributed by atoms with Crippen LogP contribution in [0.3, 0.4) is 0 Å². The highest BCUT2D eigenvalue weighted by Gasteiger charge is 2.37. The lowest BCUT2D eigenvalue weighted by Crippen LogP contribution is -2.37. The number of hydrogen-bond acceptors (Lipinski definition) is 8. The lowest BCUT2D eigenvalue weighted by atomic mass is 9.85. The summed E-state index contributed by atoms with van der Waals surface area (Å²) in [5, 5.41) is 4.73. The Hall–Kier alpha value is -2.52. The molecule has 0 radical (unpaired) electrons. The van der Waals surface area contributed by atoms with Gasteiger partial charge in [-0.15, -0.1) is 11.3 Å². The summed E-state index contributed by atoms with van der Waals surface area (Å²) in [6, 6.07) is 0. The summed E-state index contributed by atoms with van der Waals surface area (Å²) < 4.78 is 6.68. The number of pyridine rings is 1. The van der Waals surface area contributed by atoms with E-state index in [2.05, 4.69) is 29.0 Å². The number of hydrogen-bond donors (Lipinski definition) is 1. The van der Waals surface area contributed by atoms with Gasteiger partial charge in [0.05, 0.1) is 23.4 Å². The molecule has 9 heteroatoms. The summed E-state index contributed by atoms with van der Waals surface area (Å²) in [6.07, 6.45) is 6.45. The lowest BCUT2D eigenvalue weighted by Gasteiger charge is -2.30. The number of nitrogens with one attached hydrogen (secondary N) is 1. The van der Waals surface area contributed by atoms with Crippen molar-refractivity contribution in [2.24, 2.45) is 0 Å². The summed E-state index contributed by atoms with van der Waals surface area (Å²) >= 11 is 1.70. The van der Waals surface area contributed by atoms with Crippen molar-refractivity contribution in [3.8, 4) is 0 Å². The second-order valence-electron chi connectivity index (χ2n) is 10.2. The third kappa shape index (κ3) is 3.69. The van der Waals surface area contributed by atoms with E-state index in [1.54, 1.807) is 17.7 Å². The Morgan fingerprint density at radius 2 is 2.03 bits per heavy atom. The first-order valence-electron chi connectivity index (χ1n) is 12.5. The minimum atomic E-state index is 0.0897. The number of aromatic nitrogens is 3. The van der Waals surface area contributed by atoms with E-state index in [1.807, 2.05) is 4.90 Å². The minimum absolute atomic E-state index is 0.0897. The van der Waals surface area contributed by atoms with Gasteiger partial charge >= 0.3 is 0 Å². The molecule has 5 heterocycles. The Labute approximate surface area is 203 Å². The number of rotatable bonds is 6. The van der Waals surface area contributed by atoms with Gasteiger partial charge in [0.2, 0.25) is 5.91 Å². The molecule has 0 bridgehead atoms. The second-order valence-corrected chi connectivity index (χ2v) is 11.2. The maximum absolute atomic E-state index is 11.9. The van der Waals surface area contributed by atoms with Crippen molar-refractivity contribution >= 4 is 49.3 Å². The molecule has 3 aromatic heterocycles. The monoisotopic (exact) mass is 480 g/mol. The van der Waals surface area contributed by atoms with Crippen molar-refractivity contribution in [3.05, 3.63) is 17.5 Å². The summed E-state index contributed by atoms with van der Waals surface area (Å²) in [4.78, 5) is 31.8. The van der Waals surface area contributed by atoms with Gasteiger partial charge in [-0.1, -0.05) is 13.8 Å². The van der Waals surface area contributed by atoms with Crippen LogP contribution in [0.25, 0.3) is 20.4 Å². The normalized spacial score (nSPS) is 20.0. The zero-order valence-electron chi connectivity index (χ0n) is 20.0. The van der Waals surface area contributed by atoms with Gasteiger partial charge in [-0.25, -0.2) is 15.0 Å². The van der Waals surface area contributed by atoms with E-state index in [4.69, 9.17) is 14.7 Å². The molecule has 2 saturated heterocycles. The highest BCUT2D eigenvalue weighted by molar-refractivity contribution is 7.26. The molecule has 180 valence electrons. The number of carbonyl (C=O) groups is 1. The van der Waals surface area contributed by atoms with E-state index in [9.17, 15) is 4.79 Å². The van der Waals surface area contributed by atoms with Gasteiger partial charge in [0, 0.05) is 44.5 Å². The third-order valence-corrected chi connectivity index (χ3v) is 8.62. The molecule has 1 aliphatic carbocycles. The Kier molecular flexibility index (Phi) is 5.56. The minimum Gasteiger partial charge on any atom is -0.378 e. The molecule has 0 spiro atoms.